The number of rotatable bonds is 5. The van der Waals surface area contributed by atoms with Gasteiger partial charge in [-0.1, -0.05) is 0 Å². The number of hydrogen-bond donors (Lipinski definition) is 3. The number of nitrogens with two attached hydrogens (primary N) is 1. The van der Waals surface area contributed by atoms with Gasteiger partial charge in [0.05, 0.1) is 10.6 Å². The Balaban J connectivity index is 2.28. The zero-order chi connectivity index (χ0) is 15.5. The van der Waals surface area contributed by atoms with Crippen molar-refractivity contribution in [2.75, 3.05) is 18.6 Å². The molecule has 0 saturated carbocycles. The Bertz CT molecular complexity index is 628. The number of nitrogen functional groups attached to an aromatic ring is 1. The second-order valence-electron chi connectivity index (χ2n) is 4.59. The van der Waals surface area contributed by atoms with Gasteiger partial charge in [-0.15, -0.1) is 0 Å². The molecule has 0 aliphatic carbocycles. The monoisotopic (exact) mass is 316 g/mol. The van der Waals surface area contributed by atoms with E-state index in [1.807, 2.05) is 0 Å². The molecule has 0 spiro atoms. The van der Waals surface area contributed by atoms with E-state index < -0.39 is 14.9 Å². The third-order valence-electron chi connectivity index (χ3n) is 3.16. The first kappa shape index (κ1) is 15.6. The zero-order valence-electron chi connectivity index (χ0n) is 11.1. The molecular formula is C11H16N4O5S. The quantitative estimate of drug-likeness (QED) is 0.404. The molecule has 0 radical (unpaired) electrons. The van der Waals surface area contributed by atoms with Crippen molar-refractivity contribution in [3.8, 4) is 0 Å². The standard InChI is InChI=1S/C11H16N4O5S/c12-13-10-7-9(15(16)17)1-2-11(10)21(18,19)14-8-3-5-20-6-4-8/h1-2,7-8,13-14H,3-6,12H2. The van der Waals surface area contributed by atoms with Crippen molar-refractivity contribution in [2.45, 2.75) is 23.8 Å². The summed E-state index contributed by atoms with van der Waals surface area (Å²) in [5, 5.41) is 10.7. The van der Waals surface area contributed by atoms with Crippen LogP contribution in [-0.2, 0) is 14.8 Å². The molecule has 1 aliphatic heterocycles. The minimum absolute atomic E-state index is 0.0243. The van der Waals surface area contributed by atoms with Gasteiger partial charge in [0.2, 0.25) is 10.0 Å². The summed E-state index contributed by atoms with van der Waals surface area (Å²) in [6.07, 6.45) is 1.16. The molecule has 1 fully saturated rings. The van der Waals surface area contributed by atoms with Crippen LogP contribution in [-0.4, -0.2) is 32.6 Å². The number of hydrazine groups is 1. The summed E-state index contributed by atoms with van der Waals surface area (Å²) in [5.41, 5.74) is 1.92. The third-order valence-corrected chi connectivity index (χ3v) is 4.74. The number of nitro benzene ring substituents is 1. The van der Waals surface area contributed by atoms with E-state index in [4.69, 9.17) is 10.6 Å². The van der Waals surface area contributed by atoms with Crippen LogP contribution in [0.15, 0.2) is 23.1 Å². The summed E-state index contributed by atoms with van der Waals surface area (Å²) in [6.45, 7) is 0.991. The largest absolute Gasteiger partial charge is 0.381 e. The van der Waals surface area contributed by atoms with Crippen molar-refractivity contribution in [3.05, 3.63) is 28.3 Å². The maximum atomic E-state index is 12.3. The van der Waals surface area contributed by atoms with Crippen LogP contribution in [0.5, 0.6) is 0 Å². The van der Waals surface area contributed by atoms with E-state index >= 15 is 0 Å². The van der Waals surface area contributed by atoms with Crippen molar-refractivity contribution in [1.82, 2.24) is 4.72 Å². The highest BCUT2D eigenvalue weighted by Crippen LogP contribution is 2.26. The highest BCUT2D eigenvalue weighted by molar-refractivity contribution is 7.89. The lowest BCUT2D eigenvalue weighted by molar-refractivity contribution is -0.384. The van der Waals surface area contributed by atoms with Crippen LogP contribution in [0.25, 0.3) is 0 Å². The molecule has 1 saturated heterocycles. The highest BCUT2D eigenvalue weighted by Gasteiger charge is 2.25. The number of benzene rings is 1. The van der Waals surface area contributed by atoms with Gasteiger partial charge in [-0.2, -0.15) is 0 Å². The molecule has 116 valence electrons. The lowest BCUT2D eigenvalue weighted by atomic mass is 10.1. The van der Waals surface area contributed by atoms with Gasteiger partial charge in [-0.25, -0.2) is 13.1 Å². The van der Waals surface area contributed by atoms with E-state index in [-0.39, 0.29) is 22.3 Å². The van der Waals surface area contributed by atoms with E-state index in [1.165, 1.54) is 0 Å². The number of anilines is 1. The summed E-state index contributed by atoms with van der Waals surface area (Å²) in [4.78, 5) is 9.96. The van der Waals surface area contributed by atoms with Crippen LogP contribution in [0.3, 0.4) is 0 Å². The molecule has 0 atom stereocenters. The van der Waals surface area contributed by atoms with Crippen LogP contribution in [0.2, 0.25) is 0 Å². The van der Waals surface area contributed by atoms with Crippen molar-refractivity contribution in [2.24, 2.45) is 5.84 Å². The van der Waals surface area contributed by atoms with Crippen molar-refractivity contribution in [3.63, 3.8) is 0 Å². The number of nitrogens with zero attached hydrogens (tertiary/aromatic N) is 1. The minimum Gasteiger partial charge on any atom is -0.381 e. The molecule has 1 heterocycles. The van der Waals surface area contributed by atoms with Gasteiger partial charge in [0, 0.05) is 31.4 Å². The number of hydrogen-bond acceptors (Lipinski definition) is 7. The molecule has 0 unspecified atom stereocenters. The molecule has 10 heteroatoms. The van der Waals surface area contributed by atoms with Gasteiger partial charge >= 0.3 is 0 Å². The Morgan fingerprint density at radius 3 is 2.57 bits per heavy atom. The zero-order valence-corrected chi connectivity index (χ0v) is 11.9. The Labute approximate surface area is 121 Å². The van der Waals surface area contributed by atoms with Crippen LogP contribution in [0.4, 0.5) is 11.4 Å². The fraction of sp³-hybridized carbons (Fsp3) is 0.455. The van der Waals surface area contributed by atoms with Gasteiger partial charge in [-0.3, -0.25) is 16.0 Å². The van der Waals surface area contributed by atoms with Gasteiger partial charge < -0.3 is 10.2 Å². The van der Waals surface area contributed by atoms with E-state index in [0.717, 1.165) is 18.2 Å². The molecule has 9 nitrogen and oxygen atoms in total. The van der Waals surface area contributed by atoms with Crippen LogP contribution in [0, 0.1) is 10.1 Å². The van der Waals surface area contributed by atoms with Crippen LogP contribution >= 0.6 is 0 Å². The minimum atomic E-state index is -3.82. The molecule has 21 heavy (non-hydrogen) atoms. The normalized spacial score (nSPS) is 16.6. The topological polar surface area (TPSA) is 137 Å². The predicted octanol–water partition coefficient (Wildman–Crippen LogP) is 0.338. The first-order valence-electron chi connectivity index (χ1n) is 6.29. The Morgan fingerprint density at radius 1 is 1.33 bits per heavy atom. The molecule has 0 amide bonds. The van der Waals surface area contributed by atoms with E-state index in [9.17, 15) is 18.5 Å². The van der Waals surface area contributed by atoms with Gasteiger partial charge in [0.25, 0.3) is 5.69 Å². The van der Waals surface area contributed by atoms with Gasteiger partial charge in [-0.05, 0) is 18.9 Å². The van der Waals surface area contributed by atoms with Crippen molar-refractivity contribution in [1.29, 1.82) is 0 Å². The molecule has 1 aliphatic rings. The fourth-order valence-corrected chi connectivity index (χ4v) is 3.53. The van der Waals surface area contributed by atoms with Gasteiger partial charge in [0.15, 0.2) is 0 Å². The molecule has 0 bridgehead atoms. The Kier molecular flexibility index (Phi) is 4.73. The average Bonchev–Trinajstić information content (AvgIpc) is 2.47. The summed E-state index contributed by atoms with van der Waals surface area (Å²) >= 11 is 0. The van der Waals surface area contributed by atoms with Crippen LogP contribution < -0.4 is 16.0 Å². The summed E-state index contributed by atoms with van der Waals surface area (Å²) in [5.74, 6) is 5.26. The highest BCUT2D eigenvalue weighted by atomic mass is 32.2. The van der Waals surface area contributed by atoms with Crippen molar-refractivity contribution >= 4 is 21.4 Å². The lowest BCUT2D eigenvalue weighted by Crippen LogP contribution is -2.39. The molecular weight excluding hydrogens is 300 g/mol. The summed E-state index contributed by atoms with van der Waals surface area (Å²) in [6, 6.07) is 3.15. The van der Waals surface area contributed by atoms with Crippen molar-refractivity contribution < 1.29 is 18.1 Å². The average molecular weight is 316 g/mol. The maximum absolute atomic E-state index is 12.3. The lowest BCUT2D eigenvalue weighted by Gasteiger charge is -2.23. The third kappa shape index (κ3) is 3.67. The SMILES string of the molecule is NNc1cc([N+](=O)[O-])ccc1S(=O)(=O)NC1CCOCC1. The predicted molar refractivity (Wildman–Crippen MR) is 75.1 cm³/mol. The van der Waals surface area contributed by atoms with Gasteiger partial charge in [0.1, 0.15) is 4.90 Å². The number of nitrogens with one attached hydrogen (secondary N) is 2. The Morgan fingerprint density at radius 2 is 2.00 bits per heavy atom. The molecule has 1 aromatic carbocycles. The number of nitro groups is 1. The molecule has 0 aromatic heterocycles. The molecule has 4 N–H and O–H groups in total. The summed E-state index contributed by atoms with van der Waals surface area (Å²) in [7, 11) is -3.82. The maximum Gasteiger partial charge on any atom is 0.271 e. The van der Waals surface area contributed by atoms with E-state index in [2.05, 4.69) is 10.1 Å². The smallest absolute Gasteiger partial charge is 0.271 e. The Hall–Kier alpha value is -1.75. The molecule has 2 rings (SSSR count). The number of ether oxygens (including phenoxy) is 1. The number of sulfonamides is 1. The van der Waals surface area contributed by atoms with E-state index in [1.54, 1.807) is 0 Å². The summed E-state index contributed by atoms with van der Waals surface area (Å²) < 4.78 is 32.4. The first-order chi connectivity index (χ1) is 9.94. The first-order valence-corrected chi connectivity index (χ1v) is 7.77. The molecule has 1 aromatic rings. The fourth-order valence-electron chi connectivity index (χ4n) is 2.08. The number of non-ortho nitro benzene ring substituents is 1. The van der Waals surface area contributed by atoms with Crippen LogP contribution in [0.1, 0.15) is 12.8 Å². The second-order valence-corrected chi connectivity index (χ2v) is 6.27. The van der Waals surface area contributed by atoms with E-state index in [0.29, 0.717) is 26.1 Å². The second kappa shape index (κ2) is 6.35.